The fourth-order valence-corrected chi connectivity index (χ4v) is 2.47. The van der Waals surface area contributed by atoms with Crippen molar-refractivity contribution in [3.8, 4) is 0 Å². The lowest BCUT2D eigenvalue weighted by atomic mass is 10.2. The number of carbonyl (C=O) groups is 1. The first-order valence-electron chi connectivity index (χ1n) is 7.29. The first-order valence-corrected chi connectivity index (χ1v) is 7.29. The SMILES string of the molecule is Cc1ccc(CNCCC(=O)N2CCCCCC2)o1. The maximum atomic E-state index is 12.0. The van der Waals surface area contributed by atoms with E-state index in [2.05, 4.69) is 5.32 Å². The summed E-state index contributed by atoms with van der Waals surface area (Å²) in [5.41, 5.74) is 0. The van der Waals surface area contributed by atoms with Crippen LogP contribution in [0.3, 0.4) is 0 Å². The van der Waals surface area contributed by atoms with Gasteiger partial charge in [-0.1, -0.05) is 12.8 Å². The van der Waals surface area contributed by atoms with Crippen LogP contribution in [0.5, 0.6) is 0 Å². The molecular formula is C15H24N2O2. The number of aryl methyl sites for hydroxylation is 1. The van der Waals surface area contributed by atoms with Gasteiger partial charge in [-0.15, -0.1) is 0 Å². The highest BCUT2D eigenvalue weighted by Gasteiger charge is 2.14. The highest BCUT2D eigenvalue weighted by atomic mass is 16.3. The molecule has 4 heteroatoms. The molecule has 1 aromatic rings. The number of amides is 1. The van der Waals surface area contributed by atoms with Crippen LogP contribution in [0.2, 0.25) is 0 Å². The van der Waals surface area contributed by atoms with Gasteiger partial charge in [-0.05, 0) is 31.9 Å². The molecule has 0 saturated carbocycles. The van der Waals surface area contributed by atoms with Crippen molar-refractivity contribution in [1.29, 1.82) is 0 Å². The monoisotopic (exact) mass is 264 g/mol. The Morgan fingerprint density at radius 1 is 1.26 bits per heavy atom. The topological polar surface area (TPSA) is 45.5 Å². The summed E-state index contributed by atoms with van der Waals surface area (Å²) >= 11 is 0. The fraction of sp³-hybridized carbons (Fsp3) is 0.667. The molecule has 1 aliphatic rings. The Hall–Kier alpha value is -1.29. The van der Waals surface area contributed by atoms with E-state index in [1.54, 1.807) is 0 Å². The Balaban J connectivity index is 1.63. The smallest absolute Gasteiger partial charge is 0.223 e. The van der Waals surface area contributed by atoms with Crippen molar-refractivity contribution in [2.45, 2.75) is 45.6 Å². The number of likely N-dealkylation sites (tertiary alicyclic amines) is 1. The van der Waals surface area contributed by atoms with Crippen LogP contribution in [0.1, 0.15) is 43.6 Å². The van der Waals surface area contributed by atoms with Crippen molar-refractivity contribution in [2.24, 2.45) is 0 Å². The van der Waals surface area contributed by atoms with Crippen LogP contribution in [0, 0.1) is 6.92 Å². The second-order valence-electron chi connectivity index (χ2n) is 5.23. The lowest BCUT2D eigenvalue weighted by Gasteiger charge is -2.20. The fourth-order valence-electron chi connectivity index (χ4n) is 2.47. The van der Waals surface area contributed by atoms with E-state index in [4.69, 9.17) is 4.42 Å². The lowest BCUT2D eigenvalue weighted by Crippen LogP contribution is -2.33. The summed E-state index contributed by atoms with van der Waals surface area (Å²) in [7, 11) is 0. The van der Waals surface area contributed by atoms with Gasteiger partial charge in [0.05, 0.1) is 6.54 Å². The van der Waals surface area contributed by atoms with E-state index in [0.717, 1.165) is 44.0 Å². The number of carbonyl (C=O) groups excluding carboxylic acids is 1. The zero-order valence-corrected chi connectivity index (χ0v) is 11.8. The number of hydrogen-bond acceptors (Lipinski definition) is 3. The van der Waals surface area contributed by atoms with Gasteiger partial charge in [0, 0.05) is 26.1 Å². The molecule has 2 rings (SSSR count). The number of hydrogen-bond donors (Lipinski definition) is 1. The van der Waals surface area contributed by atoms with Gasteiger partial charge in [-0.25, -0.2) is 0 Å². The van der Waals surface area contributed by atoms with Gasteiger partial charge in [-0.2, -0.15) is 0 Å². The molecule has 1 N–H and O–H groups in total. The summed E-state index contributed by atoms with van der Waals surface area (Å²) in [4.78, 5) is 14.0. The van der Waals surface area contributed by atoms with Gasteiger partial charge in [0.15, 0.2) is 0 Å². The van der Waals surface area contributed by atoms with Crippen molar-refractivity contribution >= 4 is 5.91 Å². The molecule has 19 heavy (non-hydrogen) atoms. The number of nitrogens with one attached hydrogen (secondary N) is 1. The molecule has 1 fully saturated rings. The summed E-state index contributed by atoms with van der Waals surface area (Å²) in [5, 5.41) is 3.26. The Bertz CT molecular complexity index is 393. The number of rotatable bonds is 5. The van der Waals surface area contributed by atoms with E-state index in [9.17, 15) is 4.79 Å². The minimum absolute atomic E-state index is 0.282. The van der Waals surface area contributed by atoms with E-state index in [1.165, 1.54) is 12.8 Å². The van der Waals surface area contributed by atoms with Gasteiger partial charge in [-0.3, -0.25) is 4.79 Å². The Morgan fingerprint density at radius 3 is 2.63 bits per heavy atom. The van der Waals surface area contributed by atoms with Crippen LogP contribution in [0.15, 0.2) is 16.5 Å². The molecule has 0 spiro atoms. The molecule has 1 aliphatic heterocycles. The van der Waals surface area contributed by atoms with Crippen LogP contribution >= 0.6 is 0 Å². The van der Waals surface area contributed by atoms with E-state index >= 15 is 0 Å². The molecule has 0 aromatic carbocycles. The van der Waals surface area contributed by atoms with Gasteiger partial charge >= 0.3 is 0 Å². The molecule has 0 bridgehead atoms. The molecule has 0 radical (unpaired) electrons. The first-order chi connectivity index (χ1) is 9.25. The van der Waals surface area contributed by atoms with E-state index in [0.29, 0.717) is 13.0 Å². The van der Waals surface area contributed by atoms with Crippen LogP contribution in [0.25, 0.3) is 0 Å². The van der Waals surface area contributed by atoms with Crippen molar-refractivity contribution in [3.63, 3.8) is 0 Å². The average molecular weight is 264 g/mol. The normalized spacial score (nSPS) is 16.4. The second kappa shape index (κ2) is 7.34. The molecule has 1 amide bonds. The highest BCUT2D eigenvalue weighted by Crippen LogP contribution is 2.10. The lowest BCUT2D eigenvalue weighted by molar-refractivity contribution is -0.131. The third-order valence-corrected chi connectivity index (χ3v) is 3.57. The Kier molecular flexibility index (Phi) is 5.45. The standard InChI is InChI=1S/C15H24N2O2/c1-13-6-7-14(19-13)12-16-9-8-15(18)17-10-4-2-3-5-11-17/h6-7,16H,2-5,8-12H2,1H3. The first kappa shape index (κ1) is 14.1. The van der Waals surface area contributed by atoms with Crippen LogP contribution in [-0.4, -0.2) is 30.4 Å². The summed E-state index contributed by atoms with van der Waals surface area (Å²) in [5.74, 6) is 2.14. The second-order valence-corrected chi connectivity index (χ2v) is 5.23. The van der Waals surface area contributed by atoms with E-state index in [-0.39, 0.29) is 5.91 Å². The van der Waals surface area contributed by atoms with Crippen molar-refractivity contribution in [1.82, 2.24) is 10.2 Å². The van der Waals surface area contributed by atoms with Crippen molar-refractivity contribution in [2.75, 3.05) is 19.6 Å². The molecule has 0 atom stereocenters. The van der Waals surface area contributed by atoms with Crippen LogP contribution < -0.4 is 5.32 Å². The number of nitrogens with zero attached hydrogens (tertiary/aromatic N) is 1. The Morgan fingerprint density at radius 2 is 2.00 bits per heavy atom. The third kappa shape index (κ3) is 4.71. The largest absolute Gasteiger partial charge is 0.465 e. The zero-order valence-electron chi connectivity index (χ0n) is 11.8. The average Bonchev–Trinajstić information content (AvgIpc) is 2.67. The molecule has 106 valence electrons. The molecule has 1 saturated heterocycles. The molecule has 2 heterocycles. The predicted molar refractivity (Wildman–Crippen MR) is 74.8 cm³/mol. The van der Waals surface area contributed by atoms with E-state index < -0.39 is 0 Å². The van der Waals surface area contributed by atoms with Crippen molar-refractivity contribution in [3.05, 3.63) is 23.7 Å². The Labute approximate surface area is 115 Å². The quantitative estimate of drug-likeness (QED) is 0.831. The van der Waals surface area contributed by atoms with Gasteiger partial charge in [0.2, 0.25) is 5.91 Å². The third-order valence-electron chi connectivity index (χ3n) is 3.57. The summed E-state index contributed by atoms with van der Waals surface area (Å²) in [6.07, 6.45) is 5.43. The predicted octanol–water partition coefficient (Wildman–Crippen LogP) is 2.47. The molecule has 0 unspecified atom stereocenters. The minimum Gasteiger partial charge on any atom is -0.465 e. The molecule has 1 aromatic heterocycles. The van der Waals surface area contributed by atoms with Crippen molar-refractivity contribution < 1.29 is 9.21 Å². The zero-order chi connectivity index (χ0) is 13.5. The molecule has 4 nitrogen and oxygen atoms in total. The number of furan rings is 1. The van der Waals surface area contributed by atoms with E-state index in [1.807, 2.05) is 24.0 Å². The van der Waals surface area contributed by atoms with Gasteiger partial charge in [0.25, 0.3) is 0 Å². The maximum Gasteiger partial charge on any atom is 0.223 e. The van der Waals surface area contributed by atoms with Crippen LogP contribution in [0.4, 0.5) is 0 Å². The van der Waals surface area contributed by atoms with Gasteiger partial charge in [0.1, 0.15) is 11.5 Å². The summed E-state index contributed by atoms with van der Waals surface area (Å²) in [6, 6.07) is 3.93. The van der Waals surface area contributed by atoms with Gasteiger partial charge < -0.3 is 14.6 Å². The molecule has 0 aliphatic carbocycles. The van der Waals surface area contributed by atoms with Crippen LogP contribution in [-0.2, 0) is 11.3 Å². The molecular weight excluding hydrogens is 240 g/mol. The highest BCUT2D eigenvalue weighted by molar-refractivity contribution is 5.76. The maximum absolute atomic E-state index is 12.0. The minimum atomic E-state index is 0.282. The summed E-state index contributed by atoms with van der Waals surface area (Å²) < 4.78 is 5.47. The summed E-state index contributed by atoms with van der Waals surface area (Å²) in [6.45, 7) is 5.23.